The van der Waals surface area contributed by atoms with Crippen molar-refractivity contribution in [2.45, 2.75) is 64.5 Å². The molecule has 2 bridgehead atoms. The Kier molecular flexibility index (Phi) is 6.61. The molecular formula is C25H30F3N3O3. The number of aliphatic hydroxyl groups excluding tert-OH is 1. The molecule has 4 rings (SSSR count). The van der Waals surface area contributed by atoms with Gasteiger partial charge in [0.1, 0.15) is 18.1 Å². The summed E-state index contributed by atoms with van der Waals surface area (Å²) in [4.78, 5) is 20.5. The van der Waals surface area contributed by atoms with Crippen molar-refractivity contribution in [1.29, 1.82) is 0 Å². The summed E-state index contributed by atoms with van der Waals surface area (Å²) in [6, 6.07) is 6.43. The molecule has 0 radical (unpaired) electrons. The standard InChI is InChI=1S/C25H30F3N3O3/c1-14(32)13-34-22-7-6-21(15(2)16(22)3)17(4)30-11-20-9-19(30)12-31(20)24(33)18-5-8-23(29-10-18)25(26,27)28/h5-8,10,14,17,19-20,32H,9,11-13H2,1-4H3/t14-,17-,19+,20+/m0/s1. The fourth-order valence-corrected chi connectivity index (χ4v) is 5.09. The van der Waals surface area contributed by atoms with Crippen LogP contribution in [0.4, 0.5) is 13.2 Å². The summed E-state index contributed by atoms with van der Waals surface area (Å²) in [5.41, 5.74) is 2.56. The minimum absolute atomic E-state index is 0.0253. The molecule has 0 spiro atoms. The van der Waals surface area contributed by atoms with Crippen LogP contribution in [0.1, 0.15) is 59.1 Å². The number of likely N-dealkylation sites (tertiary alicyclic amines) is 2. The summed E-state index contributed by atoms with van der Waals surface area (Å²) in [6.07, 6.45) is -3.20. The maximum absolute atomic E-state index is 12.9. The third-order valence-corrected chi connectivity index (χ3v) is 7.05. The number of ether oxygens (including phenoxy) is 1. The largest absolute Gasteiger partial charge is 0.491 e. The van der Waals surface area contributed by atoms with Gasteiger partial charge < -0.3 is 14.7 Å². The van der Waals surface area contributed by atoms with Gasteiger partial charge in [0.25, 0.3) is 5.91 Å². The van der Waals surface area contributed by atoms with Gasteiger partial charge in [-0.2, -0.15) is 13.2 Å². The molecule has 1 amide bonds. The zero-order chi connectivity index (χ0) is 24.8. The summed E-state index contributed by atoms with van der Waals surface area (Å²) in [5, 5.41) is 9.49. The third-order valence-electron chi connectivity index (χ3n) is 7.05. The number of hydrogen-bond acceptors (Lipinski definition) is 5. The van der Waals surface area contributed by atoms with Crippen LogP contribution >= 0.6 is 0 Å². The average molecular weight is 478 g/mol. The first-order valence-electron chi connectivity index (χ1n) is 11.5. The van der Waals surface area contributed by atoms with Crippen molar-refractivity contribution in [2.24, 2.45) is 0 Å². The number of piperazine rings is 1. The molecule has 2 aliphatic heterocycles. The van der Waals surface area contributed by atoms with E-state index in [1.54, 1.807) is 11.8 Å². The molecule has 0 saturated carbocycles. The number of benzene rings is 1. The van der Waals surface area contributed by atoms with Gasteiger partial charge in [-0.05, 0) is 69.0 Å². The predicted molar refractivity (Wildman–Crippen MR) is 121 cm³/mol. The lowest BCUT2D eigenvalue weighted by Gasteiger charge is -2.38. The van der Waals surface area contributed by atoms with Gasteiger partial charge in [0, 0.05) is 37.4 Å². The Morgan fingerprint density at radius 1 is 1.15 bits per heavy atom. The molecule has 6 nitrogen and oxygen atoms in total. The summed E-state index contributed by atoms with van der Waals surface area (Å²) in [6.45, 7) is 9.42. The maximum Gasteiger partial charge on any atom is 0.433 e. The number of hydrogen-bond donors (Lipinski definition) is 1. The number of pyridine rings is 1. The van der Waals surface area contributed by atoms with Crippen LogP contribution in [0.3, 0.4) is 0 Å². The Labute approximate surface area is 197 Å². The molecule has 2 saturated heterocycles. The van der Waals surface area contributed by atoms with Crippen LogP contribution in [0.15, 0.2) is 30.5 Å². The number of nitrogens with zero attached hydrogens (tertiary/aromatic N) is 3. The number of carbonyl (C=O) groups excluding carboxylic acids is 1. The van der Waals surface area contributed by atoms with Gasteiger partial charge in [0.15, 0.2) is 0 Å². The van der Waals surface area contributed by atoms with E-state index < -0.39 is 18.0 Å². The SMILES string of the molecule is Cc1c(OC[C@H](C)O)ccc([C@H](C)N2C[C@H]3C[C@@H]2CN3C(=O)c2ccc(C(F)(F)F)nc2)c1C. The molecule has 9 heteroatoms. The van der Waals surface area contributed by atoms with E-state index in [2.05, 4.69) is 29.8 Å². The molecular weight excluding hydrogens is 447 g/mol. The van der Waals surface area contributed by atoms with Crippen molar-refractivity contribution >= 4 is 5.91 Å². The lowest BCUT2D eigenvalue weighted by atomic mass is 9.96. The highest BCUT2D eigenvalue weighted by atomic mass is 19.4. The van der Waals surface area contributed by atoms with Crippen LogP contribution in [0.5, 0.6) is 5.75 Å². The number of halogens is 3. The highest BCUT2D eigenvalue weighted by molar-refractivity contribution is 5.94. The van der Waals surface area contributed by atoms with Gasteiger partial charge in [-0.25, -0.2) is 0 Å². The Bertz CT molecular complexity index is 1060. The number of carbonyl (C=O) groups is 1. The first-order chi connectivity index (χ1) is 16.0. The fraction of sp³-hybridized carbons (Fsp3) is 0.520. The Balaban J connectivity index is 1.43. The van der Waals surface area contributed by atoms with Gasteiger partial charge in [0.2, 0.25) is 0 Å². The van der Waals surface area contributed by atoms with Gasteiger partial charge >= 0.3 is 6.18 Å². The van der Waals surface area contributed by atoms with Crippen LogP contribution in [0.25, 0.3) is 0 Å². The van der Waals surface area contributed by atoms with E-state index in [1.165, 1.54) is 11.6 Å². The molecule has 3 heterocycles. The highest BCUT2D eigenvalue weighted by Crippen LogP contribution is 2.39. The smallest absolute Gasteiger partial charge is 0.433 e. The Hall–Kier alpha value is -2.65. The maximum atomic E-state index is 12.9. The number of alkyl halides is 3. The second-order valence-corrected chi connectivity index (χ2v) is 9.37. The quantitative estimate of drug-likeness (QED) is 0.678. The number of rotatable bonds is 6. The zero-order valence-electron chi connectivity index (χ0n) is 19.8. The second-order valence-electron chi connectivity index (χ2n) is 9.37. The summed E-state index contributed by atoms with van der Waals surface area (Å²) in [5.74, 6) is 0.492. The molecule has 2 fully saturated rings. The van der Waals surface area contributed by atoms with Crippen molar-refractivity contribution in [3.05, 3.63) is 58.4 Å². The highest BCUT2D eigenvalue weighted by Gasteiger charge is 2.47. The van der Waals surface area contributed by atoms with E-state index in [9.17, 15) is 23.1 Å². The molecule has 0 unspecified atom stereocenters. The van der Waals surface area contributed by atoms with Crippen LogP contribution in [-0.4, -0.2) is 63.7 Å². The van der Waals surface area contributed by atoms with Crippen molar-refractivity contribution in [3.8, 4) is 5.75 Å². The van der Waals surface area contributed by atoms with Crippen LogP contribution in [-0.2, 0) is 6.18 Å². The first-order valence-corrected chi connectivity index (χ1v) is 11.5. The molecule has 1 aromatic heterocycles. The van der Waals surface area contributed by atoms with Crippen molar-refractivity contribution < 1.29 is 27.8 Å². The van der Waals surface area contributed by atoms with E-state index in [4.69, 9.17) is 4.74 Å². The number of fused-ring (bicyclic) bond motifs is 2. The van der Waals surface area contributed by atoms with E-state index in [1.807, 2.05) is 13.0 Å². The van der Waals surface area contributed by atoms with Crippen molar-refractivity contribution in [3.63, 3.8) is 0 Å². The topological polar surface area (TPSA) is 65.9 Å². The van der Waals surface area contributed by atoms with Crippen molar-refractivity contribution in [2.75, 3.05) is 19.7 Å². The fourth-order valence-electron chi connectivity index (χ4n) is 5.09. The summed E-state index contributed by atoms with van der Waals surface area (Å²) in [7, 11) is 0. The van der Waals surface area contributed by atoms with Gasteiger partial charge in [-0.15, -0.1) is 0 Å². The summed E-state index contributed by atoms with van der Waals surface area (Å²) < 4.78 is 44.0. The van der Waals surface area contributed by atoms with Crippen LogP contribution < -0.4 is 4.74 Å². The molecule has 0 aliphatic carbocycles. The number of aliphatic hydroxyl groups is 1. The van der Waals surface area contributed by atoms with E-state index >= 15 is 0 Å². The average Bonchev–Trinajstić information content (AvgIpc) is 3.40. The molecule has 34 heavy (non-hydrogen) atoms. The molecule has 184 valence electrons. The predicted octanol–water partition coefficient (Wildman–Crippen LogP) is 4.14. The molecule has 4 atom stereocenters. The minimum Gasteiger partial charge on any atom is -0.491 e. The van der Waals surface area contributed by atoms with E-state index in [-0.39, 0.29) is 36.2 Å². The molecule has 1 aromatic carbocycles. The third kappa shape index (κ3) is 4.63. The minimum atomic E-state index is -4.52. The molecule has 1 N–H and O–H groups in total. The molecule has 2 aliphatic rings. The van der Waals surface area contributed by atoms with Gasteiger partial charge in [-0.3, -0.25) is 14.7 Å². The summed E-state index contributed by atoms with van der Waals surface area (Å²) >= 11 is 0. The first kappa shape index (κ1) is 24.5. The van der Waals surface area contributed by atoms with Gasteiger partial charge in [-0.1, -0.05) is 6.07 Å². The van der Waals surface area contributed by atoms with Crippen molar-refractivity contribution in [1.82, 2.24) is 14.8 Å². The van der Waals surface area contributed by atoms with E-state index in [0.29, 0.717) is 13.1 Å². The lowest BCUT2D eigenvalue weighted by molar-refractivity contribution is -0.141. The van der Waals surface area contributed by atoms with Gasteiger partial charge in [0.05, 0.1) is 11.7 Å². The van der Waals surface area contributed by atoms with Crippen LogP contribution in [0.2, 0.25) is 0 Å². The lowest BCUT2D eigenvalue weighted by Crippen LogP contribution is -2.49. The van der Waals surface area contributed by atoms with E-state index in [0.717, 1.165) is 35.6 Å². The Morgan fingerprint density at radius 3 is 2.44 bits per heavy atom. The Morgan fingerprint density at radius 2 is 1.88 bits per heavy atom. The number of amides is 1. The zero-order valence-corrected chi connectivity index (χ0v) is 19.8. The molecule has 2 aromatic rings. The normalized spacial score (nSPS) is 22.2. The monoisotopic (exact) mass is 477 g/mol. The number of aromatic nitrogens is 1. The van der Waals surface area contributed by atoms with Crippen LogP contribution in [0, 0.1) is 13.8 Å². The second kappa shape index (κ2) is 9.19.